The summed E-state index contributed by atoms with van der Waals surface area (Å²) in [5.41, 5.74) is 0. The Morgan fingerprint density at radius 3 is 1.67 bits per heavy atom. The van der Waals surface area contributed by atoms with E-state index in [1.54, 1.807) is 0 Å². The minimum absolute atomic E-state index is 0. The molecule has 0 aliphatic rings. The molecule has 6 heteroatoms. The van der Waals surface area contributed by atoms with Crippen LogP contribution in [0.2, 0.25) is 0 Å². The van der Waals surface area contributed by atoms with Gasteiger partial charge in [0, 0.05) is 17.1 Å². The minimum Gasteiger partial charge on any atom is -0.412 e. The van der Waals surface area contributed by atoms with Gasteiger partial charge >= 0.3 is 0 Å². The molecule has 5 nitrogen and oxygen atoms in total. The van der Waals surface area contributed by atoms with Gasteiger partial charge in [0.25, 0.3) is 5.09 Å². The van der Waals surface area contributed by atoms with Gasteiger partial charge in [0.05, 0.1) is 0 Å². The second-order valence-corrected chi connectivity index (χ2v) is 0.238. The summed E-state index contributed by atoms with van der Waals surface area (Å²) in [4.78, 5) is 8.36. The van der Waals surface area contributed by atoms with Crippen molar-refractivity contribution in [1.82, 2.24) is 0 Å². The van der Waals surface area contributed by atoms with Crippen LogP contribution in [-0.2, 0) is 17.1 Å². The van der Waals surface area contributed by atoms with E-state index in [1.165, 1.54) is 0 Å². The molecular weight excluding hydrogens is 142 g/mol. The molecule has 0 aromatic carbocycles. The summed E-state index contributed by atoms with van der Waals surface area (Å²) in [6, 6.07) is 0. The molecule has 0 atom stereocenters. The largest absolute Gasteiger partial charge is 0.412 e. The van der Waals surface area contributed by atoms with Crippen LogP contribution in [-0.4, -0.2) is 15.8 Å². The SMILES string of the molecule is O.O=[N+]([O-])O.[Cu]. The number of nitrogens with zero attached hydrogens (tertiary/aromatic N) is 1. The van der Waals surface area contributed by atoms with Crippen LogP contribution < -0.4 is 0 Å². The Morgan fingerprint density at radius 2 is 1.67 bits per heavy atom. The van der Waals surface area contributed by atoms with Crippen LogP contribution in [0, 0.1) is 10.1 Å². The third-order valence-corrected chi connectivity index (χ3v) is 0. The molecule has 0 heterocycles. The Morgan fingerprint density at radius 1 is 1.67 bits per heavy atom. The molecule has 0 unspecified atom stereocenters. The van der Waals surface area contributed by atoms with Crippen LogP contribution in [0.15, 0.2) is 0 Å². The zero-order valence-corrected chi connectivity index (χ0v) is 3.45. The van der Waals surface area contributed by atoms with E-state index >= 15 is 0 Å². The quantitative estimate of drug-likeness (QED) is 0.264. The molecule has 0 bridgehead atoms. The summed E-state index contributed by atoms with van der Waals surface area (Å²) in [5.74, 6) is 0. The van der Waals surface area contributed by atoms with E-state index in [0.29, 0.717) is 0 Å². The van der Waals surface area contributed by atoms with E-state index in [9.17, 15) is 0 Å². The van der Waals surface area contributed by atoms with Gasteiger partial charge in [0.1, 0.15) is 0 Å². The number of hydrogen-bond donors (Lipinski definition) is 1. The average Bonchev–Trinajstić information content (AvgIpc) is 0.811. The van der Waals surface area contributed by atoms with E-state index in [2.05, 4.69) is 0 Å². The molecule has 0 aromatic heterocycles. The van der Waals surface area contributed by atoms with Gasteiger partial charge in [0.15, 0.2) is 0 Å². The van der Waals surface area contributed by atoms with Crippen molar-refractivity contribution in [2.75, 3.05) is 0 Å². The predicted octanol–water partition coefficient (Wildman–Crippen LogP) is -1.17. The normalized spacial score (nSPS) is 4.00. The topological polar surface area (TPSA) is 94.9 Å². The molecule has 3 N–H and O–H groups in total. The van der Waals surface area contributed by atoms with Crippen LogP contribution in [0.3, 0.4) is 0 Å². The Bertz CT molecular complexity index is 30.5. The van der Waals surface area contributed by atoms with Crippen molar-refractivity contribution in [3.63, 3.8) is 0 Å². The van der Waals surface area contributed by atoms with Crippen molar-refractivity contribution in [2.45, 2.75) is 0 Å². The molecule has 0 aliphatic heterocycles. The van der Waals surface area contributed by atoms with Crippen molar-refractivity contribution in [1.29, 1.82) is 0 Å². The second-order valence-electron chi connectivity index (χ2n) is 0.238. The van der Waals surface area contributed by atoms with E-state index in [-0.39, 0.29) is 22.5 Å². The summed E-state index contributed by atoms with van der Waals surface area (Å²) < 4.78 is 0. The van der Waals surface area contributed by atoms with E-state index in [4.69, 9.17) is 15.3 Å². The molecule has 0 aromatic rings. The standard InChI is InChI=1S/Cu.HNO3.H2O/c;2-1(3)4;/h;(H,2,3,4);1H2. The average molecular weight is 145 g/mol. The zero-order valence-electron chi connectivity index (χ0n) is 2.51. The Hall–Kier alpha value is -0.321. The molecule has 0 spiro atoms. The summed E-state index contributed by atoms with van der Waals surface area (Å²) in [7, 11) is 0. The Labute approximate surface area is 43.9 Å². The van der Waals surface area contributed by atoms with Gasteiger partial charge in [-0.2, -0.15) is 0 Å². The van der Waals surface area contributed by atoms with Crippen molar-refractivity contribution >= 4 is 0 Å². The minimum atomic E-state index is -1.50. The smallest absolute Gasteiger partial charge is 0.291 e. The van der Waals surface area contributed by atoms with E-state index < -0.39 is 5.09 Å². The van der Waals surface area contributed by atoms with Crippen LogP contribution in [0.5, 0.6) is 0 Å². The second kappa shape index (κ2) is 8.82. The van der Waals surface area contributed by atoms with Gasteiger partial charge in [-0.1, -0.05) is 0 Å². The summed E-state index contributed by atoms with van der Waals surface area (Å²) in [6.45, 7) is 0. The zero-order chi connectivity index (χ0) is 3.58. The molecule has 1 radical (unpaired) electrons. The first-order valence-electron chi connectivity index (χ1n) is 0.565. The molecule has 43 valence electrons. The van der Waals surface area contributed by atoms with Gasteiger partial charge in [-0.3, -0.25) is 0 Å². The van der Waals surface area contributed by atoms with Crippen molar-refractivity contribution < 1.29 is 32.8 Å². The Kier molecular flexibility index (Phi) is 25.5. The van der Waals surface area contributed by atoms with Crippen LogP contribution >= 0.6 is 0 Å². The van der Waals surface area contributed by atoms with Gasteiger partial charge < -0.3 is 10.7 Å². The monoisotopic (exact) mass is 144 g/mol. The van der Waals surface area contributed by atoms with Crippen LogP contribution in [0.1, 0.15) is 0 Å². The van der Waals surface area contributed by atoms with Crippen molar-refractivity contribution in [3.05, 3.63) is 10.1 Å². The first-order valence-corrected chi connectivity index (χ1v) is 0.565. The molecule has 6 heavy (non-hydrogen) atoms. The third kappa shape index (κ3) is 257. The molecule has 0 saturated heterocycles. The number of hydrogen-bond acceptors (Lipinski definition) is 2. The molecule has 0 saturated carbocycles. The van der Waals surface area contributed by atoms with E-state index in [0.717, 1.165) is 0 Å². The van der Waals surface area contributed by atoms with Gasteiger partial charge in [0.2, 0.25) is 0 Å². The van der Waals surface area contributed by atoms with Crippen molar-refractivity contribution in [2.24, 2.45) is 0 Å². The third-order valence-electron chi connectivity index (χ3n) is 0. The molecule has 0 rings (SSSR count). The maximum Gasteiger partial charge on any atom is 0.291 e. The summed E-state index contributed by atoms with van der Waals surface area (Å²) in [6.07, 6.45) is 0. The molecule has 0 aliphatic carbocycles. The predicted molar refractivity (Wildman–Crippen MR) is 12.4 cm³/mol. The van der Waals surface area contributed by atoms with Gasteiger partial charge in [-0.15, -0.1) is 10.1 Å². The summed E-state index contributed by atoms with van der Waals surface area (Å²) in [5, 5.41) is 13.6. The summed E-state index contributed by atoms with van der Waals surface area (Å²) >= 11 is 0. The Balaban J connectivity index is -0.0000000450. The first-order chi connectivity index (χ1) is 1.73. The molecular formula is H3CuNO4. The maximum absolute atomic E-state index is 8.36. The maximum atomic E-state index is 8.36. The van der Waals surface area contributed by atoms with Crippen molar-refractivity contribution in [3.8, 4) is 0 Å². The van der Waals surface area contributed by atoms with Gasteiger partial charge in [-0.25, -0.2) is 0 Å². The van der Waals surface area contributed by atoms with Crippen LogP contribution in [0.25, 0.3) is 0 Å². The van der Waals surface area contributed by atoms with Gasteiger partial charge in [-0.05, 0) is 0 Å². The van der Waals surface area contributed by atoms with E-state index in [1.807, 2.05) is 0 Å². The number of rotatable bonds is 0. The first kappa shape index (κ1) is 17.3. The van der Waals surface area contributed by atoms with Crippen LogP contribution in [0.4, 0.5) is 0 Å². The fourth-order valence-corrected chi connectivity index (χ4v) is 0. The fourth-order valence-electron chi connectivity index (χ4n) is 0. The molecule has 0 fully saturated rings. The fraction of sp³-hybridized carbons (Fsp3) is 0. The molecule has 0 amide bonds.